The maximum Gasteiger partial charge on any atom is 0.338 e. The van der Waals surface area contributed by atoms with E-state index in [1.807, 2.05) is 12.3 Å². The first kappa shape index (κ1) is 18.4. The van der Waals surface area contributed by atoms with E-state index in [1.165, 1.54) is 6.26 Å². The van der Waals surface area contributed by atoms with Gasteiger partial charge in [-0.3, -0.25) is 4.90 Å². The van der Waals surface area contributed by atoms with E-state index in [0.29, 0.717) is 23.6 Å². The van der Waals surface area contributed by atoms with E-state index in [4.69, 9.17) is 9.15 Å². The summed E-state index contributed by atoms with van der Waals surface area (Å²) in [5, 5.41) is 5.60. The summed E-state index contributed by atoms with van der Waals surface area (Å²) in [6.45, 7) is 3.35. The lowest BCUT2D eigenvalue weighted by Gasteiger charge is -2.31. The average Bonchev–Trinajstić information content (AvgIpc) is 3.43. The largest absolute Gasteiger partial charge is 0.467 e. The number of H-pyrrole nitrogens is 1. The Hall–Kier alpha value is -3.00. The van der Waals surface area contributed by atoms with Crippen molar-refractivity contribution in [3.05, 3.63) is 59.4 Å². The third-order valence-corrected chi connectivity index (χ3v) is 5.18. The molecule has 2 atom stereocenters. The zero-order valence-corrected chi connectivity index (χ0v) is 15.7. The average molecular weight is 384 g/mol. The zero-order valence-electron chi connectivity index (χ0n) is 15.7. The van der Waals surface area contributed by atoms with Crippen molar-refractivity contribution in [3.63, 3.8) is 0 Å². The predicted octanol–water partition coefficient (Wildman–Crippen LogP) is 2.62. The van der Waals surface area contributed by atoms with E-state index in [-0.39, 0.29) is 18.7 Å². The van der Waals surface area contributed by atoms with Gasteiger partial charge in [0.1, 0.15) is 11.8 Å². The second kappa shape index (κ2) is 7.93. The number of rotatable bonds is 6. The fourth-order valence-electron chi connectivity index (χ4n) is 3.98. The number of esters is 1. The van der Waals surface area contributed by atoms with Crippen molar-refractivity contribution >= 4 is 12.0 Å². The molecular formula is C20H24N4O4. The monoisotopic (exact) mass is 384 g/mol. The van der Waals surface area contributed by atoms with Crippen LogP contribution in [0.25, 0.3) is 0 Å². The van der Waals surface area contributed by atoms with Crippen molar-refractivity contribution in [3.8, 4) is 0 Å². The highest BCUT2D eigenvalue weighted by Crippen LogP contribution is 2.34. The van der Waals surface area contributed by atoms with Crippen molar-refractivity contribution < 1.29 is 18.7 Å². The first-order valence-corrected chi connectivity index (χ1v) is 9.55. The Labute approximate surface area is 162 Å². The Morgan fingerprint density at radius 2 is 2.25 bits per heavy atom. The van der Waals surface area contributed by atoms with Crippen LogP contribution in [-0.4, -0.2) is 41.6 Å². The van der Waals surface area contributed by atoms with Gasteiger partial charge in [0, 0.05) is 24.1 Å². The van der Waals surface area contributed by atoms with Gasteiger partial charge in [-0.25, -0.2) is 9.59 Å². The summed E-state index contributed by atoms with van der Waals surface area (Å²) >= 11 is 0. The molecule has 3 N–H and O–H groups in total. The molecule has 2 unspecified atom stereocenters. The maximum atomic E-state index is 12.8. The lowest BCUT2D eigenvalue weighted by atomic mass is 9.99. The Morgan fingerprint density at radius 1 is 1.36 bits per heavy atom. The summed E-state index contributed by atoms with van der Waals surface area (Å²) < 4.78 is 10.8. The third-order valence-electron chi connectivity index (χ3n) is 5.18. The van der Waals surface area contributed by atoms with Gasteiger partial charge in [0.2, 0.25) is 0 Å². The zero-order chi connectivity index (χ0) is 19.5. The molecule has 1 saturated heterocycles. The number of aromatic nitrogens is 1. The van der Waals surface area contributed by atoms with Gasteiger partial charge in [-0.15, -0.1) is 0 Å². The van der Waals surface area contributed by atoms with Crippen LogP contribution in [0.1, 0.15) is 43.3 Å². The topological polar surface area (TPSA) is 99.6 Å². The molecule has 0 bridgehead atoms. The second-order valence-corrected chi connectivity index (χ2v) is 6.91. The van der Waals surface area contributed by atoms with E-state index in [2.05, 4.69) is 26.6 Å². The fraction of sp³-hybridized carbons (Fsp3) is 0.400. The summed E-state index contributed by atoms with van der Waals surface area (Å²) in [7, 11) is 0. The molecule has 0 radical (unpaired) electrons. The normalized spacial score (nSPS) is 22.8. The predicted molar refractivity (Wildman–Crippen MR) is 101 cm³/mol. The van der Waals surface area contributed by atoms with Gasteiger partial charge in [0.05, 0.1) is 24.5 Å². The molecule has 28 heavy (non-hydrogen) atoms. The number of carbonyl (C=O) groups is 2. The molecule has 2 aromatic heterocycles. The summed E-state index contributed by atoms with van der Waals surface area (Å²) in [6, 6.07) is 6.70. The van der Waals surface area contributed by atoms with Crippen molar-refractivity contribution in [2.75, 3.05) is 19.7 Å². The summed E-state index contributed by atoms with van der Waals surface area (Å²) in [4.78, 5) is 30.6. The molecule has 0 spiro atoms. The van der Waals surface area contributed by atoms with Crippen LogP contribution in [0.5, 0.6) is 0 Å². The molecule has 2 amide bonds. The van der Waals surface area contributed by atoms with E-state index in [9.17, 15) is 9.59 Å². The second-order valence-electron chi connectivity index (χ2n) is 6.91. The van der Waals surface area contributed by atoms with Gasteiger partial charge in [-0.1, -0.05) is 0 Å². The number of hydrogen-bond acceptors (Lipinski definition) is 5. The summed E-state index contributed by atoms with van der Waals surface area (Å²) in [5.41, 5.74) is 2.08. The minimum absolute atomic E-state index is 0.222. The lowest BCUT2D eigenvalue weighted by Crippen LogP contribution is -2.48. The number of hydrogen-bond donors (Lipinski definition) is 3. The molecule has 0 saturated carbocycles. The van der Waals surface area contributed by atoms with Crippen LogP contribution in [-0.2, 0) is 9.53 Å². The molecule has 0 aromatic carbocycles. The highest BCUT2D eigenvalue weighted by atomic mass is 16.5. The molecule has 2 aliphatic rings. The van der Waals surface area contributed by atoms with Crippen LogP contribution >= 0.6 is 0 Å². The molecule has 8 heteroatoms. The number of carbonyl (C=O) groups excluding carboxylic acids is 2. The number of urea groups is 1. The van der Waals surface area contributed by atoms with E-state index >= 15 is 0 Å². The molecule has 2 aromatic rings. The number of aromatic amines is 1. The Morgan fingerprint density at radius 3 is 2.96 bits per heavy atom. The molecule has 1 fully saturated rings. The van der Waals surface area contributed by atoms with Crippen LogP contribution in [0.4, 0.5) is 4.79 Å². The van der Waals surface area contributed by atoms with Crippen LogP contribution in [0.2, 0.25) is 0 Å². The Balaban J connectivity index is 1.68. The molecule has 8 nitrogen and oxygen atoms in total. The van der Waals surface area contributed by atoms with Crippen molar-refractivity contribution in [1.82, 2.24) is 20.5 Å². The maximum absolute atomic E-state index is 12.8. The fourth-order valence-corrected chi connectivity index (χ4v) is 3.98. The highest BCUT2D eigenvalue weighted by Gasteiger charge is 2.37. The summed E-state index contributed by atoms with van der Waals surface area (Å²) in [6.07, 6.45) is 5.51. The van der Waals surface area contributed by atoms with E-state index < -0.39 is 12.0 Å². The van der Waals surface area contributed by atoms with Crippen LogP contribution in [0.3, 0.4) is 0 Å². The van der Waals surface area contributed by atoms with Gasteiger partial charge < -0.3 is 24.8 Å². The molecule has 4 rings (SSSR count). The van der Waals surface area contributed by atoms with Crippen LogP contribution in [0, 0.1) is 0 Å². The van der Waals surface area contributed by atoms with Gasteiger partial charge >= 0.3 is 12.0 Å². The number of nitrogens with one attached hydrogen (secondary N) is 3. The minimum Gasteiger partial charge on any atom is -0.467 e. The Kier molecular flexibility index (Phi) is 5.21. The van der Waals surface area contributed by atoms with E-state index in [0.717, 1.165) is 25.1 Å². The number of amides is 2. The number of furan rings is 1. The third kappa shape index (κ3) is 3.55. The van der Waals surface area contributed by atoms with Gasteiger partial charge in [-0.05, 0) is 50.6 Å². The summed E-state index contributed by atoms with van der Waals surface area (Å²) in [5.74, 6) is 0.0414. The van der Waals surface area contributed by atoms with Crippen molar-refractivity contribution in [2.24, 2.45) is 0 Å². The van der Waals surface area contributed by atoms with Gasteiger partial charge in [-0.2, -0.15) is 0 Å². The van der Waals surface area contributed by atoms with Gasteiger partial charge in [0.15, 0.2) is 0 Å². The smallest absolute Gasteiger partial charge is 0.338 e. The number of nitrogens with zero attached hydrogens (tertiary/aromatic N) is 1. The van der Waals surface area contributed by atoms with Gasteiger partial charge in [0.25, 0.3) is 0 Å². The van der Waals surface area contributed by atoms with Crippen LogP contribution in [0.15, 0.2) is 52.4 Å². The minimum atomic E-state index is -0.677. The highest BCUT2D eigenvalue weighted by molar-refractivity contribution is 5.95. The van der Waals surface area contributed by atoms with Crippen LogP contribution < -0.4 is 10.6 Å². The molecule has 0 aliphatic carbocycles. The first-order chi connectivity index (χ1) is 13.7. The SMILES string of the molecule is CCOC(=O)C1=C(CN2CCCC2c2ccc[nH]2)NC(=O)NC1c1ccco1. The standard InChI is InChI=1S/C20H24N4O4/c1-2-27-19(25)17-14(22-20(26)23-18(17)16-8-5-11-28-16)12-24-10-4-7-15(24)13-6-3-9-21-13/h3,5-6,8-9,11,15,18,21H,2,4,7,10,12H2,1H3,(H2,22,23,26). The molecular weight excluding hydrogens is 360 g/mol. The lowest BCUT2D eigenvalue weighted by molar-refractivity contribution is -0.139. The molecule has 2 aliphatic heterocycles. The number of ether oxygens (including phenoxy) is 1. The molecule has 4 heterocycles. The van der Waals surface area contributed by atoms with E-state index in [1.54, 1.807) is 19.1 Å². The quantitative estimate of drug-likeness (QED) is 0.665. The van der Waals surface area contributed by atoms with Crippen molar-refractivity contribution in [2.45, 2.75) is 31.8 Å². The number of likely N-dealkylation sites (tertiary alicyclic amines) is 1. The molecule has 148 valence electrons. The first-order valence-electron chi connectivity index (χ1n) is 9.55. The Bertz CT molecular complexity index is 857. The van der Waals surface area contributed by atoms with Crippen molar-refractivity contribution in [1.29, 1.82) is 0 Å².